The lowest BCUT2D eigenvalue weighted by Gasteiger charge is -2.43. The monoisotopic (exact) mass is 213 g/mol. The van der Waals surface area contributed by atoms with E-state index in [1.165, 1.54) is 25.7 Å². The lowest BCUT2D eigenvalue weighted by Crippen LogP contribution is -2.55. The molecule has 0 aromatic rings. The van der Waals surface area contributed by atoms with Gasteiger partial charge in [-0.1, -0.05) is 0 Å². The second kappa shape index (κ2) is 4.81. The predicted molar refractivity (Wildman–Crippen MR) is 60.0 cm³/mol. The molecule has 0 amide bonds. The van der Waals surface area contributed by atoms with Gasteiger partial charge < -0.3 is 14.8 Å². The van der Waals surface area contributed by atoms with Crippen molar-refractivity contribution in [1.29, 1.82) is 0 Å². The number of hydrogen-bond donors (Lipinski definition) is 1. The second-order valence-corrected chi connectivity index (χ2v) is 5.01. The summed E-state index contributed by atoms with van der Waals surface area (Å²) >= 11 is 0. The minimum atomic E-state index is 0.0192. The van der Waals surface area contributed by atoms with Crippen LogP contribution in [0.1, 0.15) is 32.6 Å². The molecule has 0 bridgehead atoms. The van der Waals surface area contributed by atoms with Gasteiger partial charge in [0.25, 0.3) is 0 Å². The van der Waals surface area contributed by atoms with E-state index < -0.39 is 0 Å². The lowest BCUT2D eigenvalue weighted by molar-refractivity contribution is -0.0990. The van der Waals surface area contributed by atoms with Gasteiger partial charge in [0.2, 0.25) is 0 Å². The summed E-state index contributed by atoms with van der Waals surface area (Å²) in [5, 5.41) is 3.45. The highest BCUT2D eigenvalue weighted by Crippen LogP contribution is 2.33. The predicted octanol–water partition coefficient (Wildman–Crippen LogP) is 1.57. The summed E-state index contributed by atoms with van der Waals surface area (Å²) in [6.07, 6.45) is 4.86. The molecule has 0 aromatic heterocycles. The van der Waals surface area contributed by atoms with E-state index in [4.69, 9.17) is 9.47 Å². The quantitative estimate of drug-likeness (QED) is 0.772. The summed E-state index contributed by atoms with van der Waals surface area (Å²) in [4.78, 5) is 0. The average Bonchev–Trinajstić information content (AvgIpc) is 2.73. The van der Waals surface area contributed by atoms with Gasteiger partial charge in [0.15, 0.2) is 0 Å². The van der Waals surface area contributed by atoms with E-state index >= 15 is 0 Å². The Balaban J connectivity index is 2.02. The van der Waals surface area contributed by atoms with E-state index in [0.717, 1.165) is 19.8 Å². The summed E-state index contributed by atoms with van der Waals surface area (Å²) < 4.78 is 11.5. The summed E-state index contributed by atoms with van der Waals surface area (Å²) in [7, 11) is 2.05. The lowest BCUT2D eigenvalue weighted by atomic mass is 9.80. The van der Waals surface area contributed by atoms with Gasteiger partial charge in [-0.25, -0.2) is 0 Å². The van der Waals surface area contributed by atoms with Gasteiger partial charge in [-0.2, -0.15) is 0 Å². The smallest absolute Gasteiger partial charge is 0.0810 e. The molecule has 3 atom stereocenters. The topological polar surface area (TPSA) is 30.5 Å². The fraction of sp³-hybridized carbons (Fsp3) is 1.00. The molecule has 3 nitrogen and oxygen atoms in total. The van der Waals surface area contributed by atoms with Gasteiger partial charge in [0, 0.05) is 25.2 Å². The molecule has 0 aromatic carbocycles. The largest absolute Gasteiger partial charge is 0.381 e. The van der Waals surface area contributed by atoms with Crippen LogP contribution < -0.4 is 5.32 Å². The first kappa shape index (κ1) is 11.4. The molecule has 2 aliphatic heterocycles. The molecule has 2 aliphatic rings. The first-order chi connectivity index (χ1) is 7.26. The van der Waals surface area contributed by atoms with E-state index in [9.17, 15) is 0 Å². The van der Waals surface area contributed by atoms with Gasteiger partial charge in [0.1, 0.15) is 0 Å². The van der Waals surface area contributed by atoms with E-state index in [0.29, 0.717) is 12.0 Å². The number of likely N-dealkylation sites (N-methyl/N-ethyl adjacent to an activating group) is 1. The summed E-state index contributed by atoms with van der Waals surface area (Å²) in [6.45, 7) is 4.98. The normalized spacial score (nSPS) is 39.2. The SMILES string of the molecule is CNC(C1CCOC1)C1(C)CCCCO1. The molecule has 1 N–H and O–H groups in total. The van der Waals surface area contributed by atoms with E-state index in [1.54, 1.807) is 0 Å². The van der Waals surface area contributed by atoms with Crippen molar-refractivity contribution in [1.82, 2.24) is 5.32 Å². The van der Waals surface area contributed by atoms with Crippen LogP contribution in [0, 0.1) is 5.92 Å². The molecule has 88 valence electrons. The van der Waals surface area contributed by atoms with E-state index in [2.05, 4.69) is 12.2 Å². The van der Waals surface area contributed by atoms with Crippen molar-refractivity contribution in [2.45, 2.75) is 44.2 Å². The van der Waals surface area contributed by atoms with Crippen LogP contribution in [0.15, 0.2) is 0 Å². The zero-order valence-corrected chi connectivity index (χ0v) is 9.92. The van der Waals surface area contributed by atoms with Crippen molar-refractivity contribution in [2.75, 3.05) is 26.9 Å². The molecule has 15 heavy (non-hydrogen) atoms. The molecule has 3 heteroatoms. The Bertz CT molecular complexity index is 196. The maximum atomic E-state index is 6.01. The zero-order chi connectivity index (χ0) is 10.7. The van der Waals surface area contributed by atoms with E-state index in [1.807, 2.05) is 7.05 Å². The van der Waals surface area contributed by atoms with Gasteiger partial charge in [-0.15, -0.1) is 0 Å². The van der Waals surface area contributed by atoms with Crippen molar-refractivity contribution in [3.05, 3.63) is 0 Å². The van der Waals surface area contributed by atoms with Gasteiger partial charge >= 0.3 is 0 Å². The molecule has 0 aliphatic carbocycles. The molecule has 3 unspecified atom stereocenters. The molecular formula is C12H23NO2. The average molecular weight is 213 g/mol. The third-order valence-corrected chi connectivity index (χ3v) is 3.90. The Kier molecular flexibility index (Phi) is 3.65. The highest BCUT2D eigenvalue weighted by atomic mass is 16.5. The van der Waals surface area contributed by atoms with Crippen LogP contribution in [0.3, 0.4) is 0 Å². The van der Waals surface area contributed by atoms with Crippen LogP contribution in [0.5, 0.6) is 0 Å². The third kappa shape index (κ3) is 2.35. The summed E-state index contributed by atoms with van der Waals surface area (Å²) in [5.41, 5.74) is 0.0192. The van der Waals surface area contributed by atoms with Gasteiger partial charge in [0.05, 0.1) is 12.2 Å². The zero-order valence-electron chi connectivity index (χ0n) is 9.92. The molecular weight excluding hydrogens is 190 g/mol. The first-order valence-electron chi connectivity index (χ1n) is 6.15. The maximum absolute atomic E-state index is 6.01. The second-order valence-electron chi connectivity index (χ2n) is 5.01. The number of nitrogens with one attached hydrogen (secondary N) is 1. The van der Waals surface area contributed by atoms with Crippen molar-refractivity contribution >= 4 is 0 Å². The molecule has 0 saturated carbocycles. The number of ether oxygens (including phenoxy) is 2. The van der Waals surface area contributed by atoms with Crippen LogP contribution in [-0.4, -0.2) is 38.5 Å². The minimum Gasteiger partial charge on any atom is -0.381 e. The van der Waals surface area contributed by atoms with Crippen molar-refractivity contribution in [3.63, 3.8) is 0 Å². The van der Waals surface area contributed by atoms with Crippen molar-refractivity contribution in [3.8, 4) is 0 Å². The van der Waals surface area contributed by atoms with Crippen LogP contribution in [-0.2, 0) is 9.47 Å². The molecule has 2 saturated heterocycles. The van der Waals surface area contributed by atoms with Crippen LogP contribution >= 0.6 is 0 Å². The minimum absolute atomic E-state index is 0.0192. The Morgan fingerprint density at radius 2 is 2.20 bits per heavy atom. The Hall–Kier alpha value is -0.120. The fourth-order valence-corrected chi connectivity index (χ4v) is 3.06. The molecule has 2 rings (SSSR count). The third-order valence-electron chi connectivity index (χ3n) is 3.90. The molecule has 0 spiro atoms. The summed E-state index contributed by atoms with van der Waals surface area (Å²) in [5.74, 6) is 0.623. The standard InChI is InChI=1S/C12H23NO2/c1-12(6-3-4-7-15-12)11(13-2)10-5-8-14-9-10/h10-11,13H,3-9H2,1-2H3. The maximum Gasteiger partial charge on any atom is 0.0810 e. The fourth-order valence-electron chi connectivity index (χ4n) is 3.06. The highest BCUT2D eigenvalue weighted by molar-refractivity contribution is 4.95. The van der Waals surface area contributed by atoms with Crippen molar-refractivity contribution in [2.24, 2.45) is 5.92 Å². The molecule has 2 heterocycles. The van der Waals surface area contributed by atoms with E-state index in [-0.39, 0.29) is 5.60 Å². The Labute approximate surface area is 92.5 Å². The van der Waals surface area contributed by atoms with Crippen LogP contribution in [0.25, 0.3) is 0 Å². The van der Waals surface area contributed by atoms with Crippen molar-refractivity contribution < 1.29 is 9.47 Å². The Morgan fingerprint density at radius 1 is 1.33 bits per heavy atom. The molecule has 2 fully saturated rings. The molecule has 0 radical (unpaired) electrons. The van der Waals surface area contributed by atoms with Crippen LogP contribution in [0.2, 0.25) is 0 Å². The summed E-state index contributed by atoms with van der Waals surface area (Å²) in [6, 6.07) is 0.445. The number of rotatable bonds is 3. The van der Waals surface area contributed by atoms with Crippen LogP contribution in [0.4, 0.5) is 0 Å². The number of hydrogen-bond acceptors (Lipinski definition) is 3. The van der Waals surface area contributed by atoms with Gasteiger partial charge in [-0.3, -0.25) is 0 Å². The first-order valence-corrected chi connectivity index (χ1v) is 6.15. The van der Waals surface area contributed by atoms with Gasteiger partial charge in [-0.05, 0) is 39.7 Å². The Morgan fingerprint density at radius 3 is 2.73 bits per heavy atom. The highest BCUT2D eigenvalue weighted by Gasteiger charge is 2.41.